The Morgan fingerprint density at radius 2 is 1.04 bits per heavy atom. The van der Waals surface area contributed by atoms with Gasteiger partial charge in [0.05, 0.1) is 17.1 Å². The first-order valence-corrected chi connectivity index (χ1v) is 16.7. The molecule has 47 heavy (non-hydrogen) atoms. The van der Waals surface area contributed by atoms with E-state index in [1.165, 1.54) is 52.8 Å². The second-order valence-corrected chi connectivity index (χ2v) is 13.2. The molecule has 10 rings (SSSR count). The molecule has 8 aromatic carbocycles. The third-order valence-electron chi connectivity index (χ3n) is 9.46. The molecular formula is C44H27NOS. The highest BCUT2D eigenvalue weighted by molar-refractivity contribution is 7.25. The van der Waals surface area contributed by atoms with Gasteiger partial charge in [0.1, 0.15) is 5.58 Å². The molecule has 3 heteroatoms. The van der Waals surface area contributed by atoms with Gasteiger partial charge >= 0.3 is 0 Å². The lowest BCUT2D eigenvalue weighted by molar-refractivity contribution is 0.669. The van der Waals surface area contributed by atoms with E-state index in [0.717, 1.165) is 39.0 Å². The van der Waals surface area contributed by atoms with Crippen LogP contribution in [0.15, 0.2) is 168 Å². The number of hydrogen-bond acceptors (Lipinski definition) is 3. The summed E-state index contributed by atoms with van der Waals surface area (Å²) in [5.41, 5.74) is 7.45. The summed E-state index contributed by atoms with van der Waals surface area (Å²) >= 11 is 1.86. The van der Waals surface area contributed by atoms with Crippen LogP contribution in [-0.4, -0.2) is 0 Å². The Morgan fingerprint density at radius 3 is 1.96 bits per heavy atom. The van der Waals surface area contributed by atoms with Gasteiger partial charge in [0.2, 0.25) is 0 Å². The summed E-state index contributed by atoms with van der Waals surface area (Å²) in [7, 11) is 0. The molecule has 0 aliphatic carbocycles. The monoisotopic (exact) mass is 617 g/mol. The van der Waals surface area contributed by atoms with Crippen LogP contribution in [0.3, 0.4) is 0 Å². The molecule has 0 aliphatic heterocycles. The molecule has 2 nitrogen and oxygen atoms in total. The van der Waals surface area contributed by atoms with Crippen molar-refractivity contribution in [3.8, 4) is 11.1 Å². The van der Waals surface area contributed by atoms with Crippen LogP contribution in [0.25, 0.3) is 74.8 Å². The van der Waals surface area contributed by atoms with Gasteiger partial charge in [-0.05, 0) is 64.4 Å². The molecule has 0 unspecified atom stereocenters. The molecule has 10 aromatic rings. The first kappa shape index (κ1) is 26.3. The van der Waals surface area contributed by atoms with Crippen molar-refractivity contribution in [2.75, 3.05) is 4.90 Å². The van der Waals surface area contributed by atoms with Crippen LogP contribution in [0.2, 0.25) is 0 Å². The molecule has 0 bridgehead atoms. The van der Waals surface area contributed by atoms with Crippen LogP contribution < -0.4 is 4.90 Å². The molecule has 0 spiro atoms. The molecule has 0 fully saturated rings. The highest BCUT2D eigenvalue weighted by atomic mass is 32.1. The summed E-state index contributed by atoms with van der Waals surface area (Å²) in [6.07, 6.45) is 0. The van der Waals surface area contributed by atoms with Gasteiger partial charge in [0.25, 0.3) is 0 Å². The van der Waals surface area contributed by atoms with Gasteiger partial charge in [-0.3, -0.25) is 0 Å². The highest BCUT2D eigenvalue weighted by Crippen LogP contribution is 2.47. The Labute approximate surface area is 275 Å². The van der Waals surface area contributed by atoms with E-state index >= 15 is 0 Å². The maximum absolute atomic E-state index is 6.65. The number of nitrogens with zero attached hydrogens (tertiary/aromatic N) is 1. The molecule has 2 aromatic heterocycles. The van der Waals surface area contributed by atoms with Crippen LogP contribution in [0.4, 0.5) is 17.1 Å². The number of anilines is 3. The topological polar surface area (TPSA) is 16.4 Å². The number of furan rings is 1. The third kappa shape index (κ3) is 4.04. The van der Waals surface area contributed by atoms with Crippen LogP contribution in [0.1, 0.15) is 0 Å². The maximum Gasteiger partial charge on any atom is 0.159 e. The van der Waals surface area contributed by atoms with Crippen molar-refractivity contribution in [2.45, 2.75) is 0 Å². The zero-order chi connectivity index (χ0) is 30.9. The fraction of sp³-hybridized carbons (Fsp3) is 0. The van der Waals surface area contributed by atoms with Gasteiger partial charge in [-0.25, -0.2) is 0 Å². The zero-order valence-electron chi connectivity index (χ0n) is 25.4. The van der Waals surface area contributed by atoms with Gasteiger partial charge in [-0.2, -0.15) is 0 Å². The normalized spacial score (nSPS) is 11.8. The molecule has 0 amide bonds. The first-order valence-electron chi connectivity index (χ1n) is 15.9. The lowest BCUT2D eigenvalue weighted by Crippen LogP contribution is -2.11. The Bertz CT molecular complexity index is 2820. The molecular weight excluding hydrogens is 591 g/mol. The van der Waals surface area contributed by atoms with Crippen molar-refractivity contribution in [3.63, 3.8) is 0 Å². The summed E-state index contributed by atoms with van der Waals surface area (Å²) in [6.45, 7) is 0. The Hall–Kier alpha value is -5.90. The lowest BCUT2D eigenvalue weighted by atomic mass is 9.95. The molecule has 0 radical (unpaired) electrons. The average Bonchev–Trinajstić information content (AvgIpc) is 3.70. The van der Waals surface area contributed by atoms with Crippen molar-refractivity contribution < 1.29 is 4.42 Å². The van der Waals surface area contributed by atoms with E-state index in [4.69, 9.17) is 4.42 Å². The molecule has 0 atom stereocenters. The van der Waals surface area contributed by atoms with Gasteiger partial charge < -0.3 is 9.32 Å². The largest absolute Gasteiger partial charge is 0.454 e. The number of fused-ring (bicyclic) bond motifs is 8. The fourth-order valence-electron chi connectivity index (χ4n) is 7.32. The van der Waals surface area contributed by atoms with Gasteiger partial charge in [0.15, 0.2) is 5.58 Å². The van der Waals surface area contributed by atoms with Crippen LogP contribution in [0, 0.1) is 0 Å². The summed E-state index contributed by atoms with van der Waals surface area (Å²) in [5, 5.41) is 9.64. The molecule has 0 saturated heterocycles. The van der Waals surface area contributed by atoms with Crippen molar-refractivity contribution in [1.29, 1.82) is 0 Å². The summed E-state index contributed by atoms with van der Waals surface area (Å²) in [6, 6.07) is 59.0. The van der Waals surface area contributed by atoms with Crippen LogP contribution >= 0.6 is 11.3 Å². The zero-order valence-corrected chi connectivity index (χ0v) is 26.2. The molecule has 0 aliphatic rings. The van der Waals surface area contributed by atoms with Crippen molar-refractivity contribution in [3.05, 3.63) is 164 Å². The minimum atomic E-state index is 0.879. The maximum atomic E-state index is 6.65. The SMILES string of the molecule is c1ccc2c(N(c3ccc(-c4ccc5sc6ccccc6c5c4)c4ccccc34)c3cccc4c3oc3ccccc34)cccc2c1. The Kier molecular flexibility index (Phi) is 5.78. The van der Waals surface area contributed by atoms with E-state index in [0.29, 0.717) is 0 Å². The summed E-state index contributed by atoms with van der Waals surface area (Å²) < 4.78 is 9.29. The standard InChI is InChI=1S/C44H27NOS/c1-2-13-31-28(11-1)12-9-19-38(31)45(40-20-10-18-36-34-16-5-7-21-41(34)46-44(36)40)39-25-24-30(32-14-3-4-15-33(32)39)29-23-26-43-37(27-29)35-17-6-8-22-42(35)47-43/h1-27H. The van der Waals surface area contributed by atoms with Crippen molar-refractivity contribution in [2.24, 2.45) is 0 Å². The molecule has 0 saturated carbocycles. The predicted molar refractivity (Wildman–Crippen MR) is 202 cm³/mol. The number of para-hydroxylation sites is 2. The smallest absolute Gasteiger partial charge is 0.159 e. The number of rotatable bonds is 4. The summed E-state index contributed by atoms with van der Waals surface area (Å²) in [5.74, 6) is 0. The van der Waals surface area contributed by atoms with E-state index in [2.05, 4.69) is 163 Å². The van der Waals surface area contributed by atoms with Gasteiger partial charge in [0, 0.05) is 41.7 Å². The third-order valence-corrected chi connectivity index (χ3v) is 10.6. The van der Waals surface area contributed by atoms with E-state index < -0.39 is 0 Å². The second-order valence-electron chi connectivity index (χ2n) is 12.1. The molecule has 2 heterocycles. The Balaban J connectivity index is 1.26. The van der Waals surface area contributed by atoms with Gasteiger partial charge in [-0.15, -0.1) is 11.3 Å². The number of benzene rings is 8. The fourth-order valence-corrected chi connectivity index (χ4v) is 8.41. The van der Waals surface area contributed by atoms with E-state index in [-0.39, 0.29) is 0 Å². The first-order chi connectivity index (χ1) is 23.3. The van der Waals surface area contributed by atoms with Gasteiger partial charge in [-0.1, -0.05) is 121 Å². The average molecular weight is 618 g/mol. The Morgan fingerprint density at radius 1 is 0.404 bits per heavy atom. The van der Waals surface area contributed by atoms with Crippen LogP contribution in [-0.2, 0) is 0 Å². The van der Waals surface area contributed by atoms with E-state index in [1.54, 1.807) is 0 Å². The predicted octanol–water partition coefficient (Wildman–Crippen LogP) is 13.4. The molecule has 220 valence electrons. The second kappa shape index (κ2) is 10.3. The number of thiophene rings is 1. The minimum Gasteiger partial charge on any atom is -0.454 e. The van der Waals surface area contributed by atoms with Crippen LogP contribution in [0.5, 0.6) is 0 Å². The van der Waals surface area contributed by atoms with E-state index in [9.17, 15) is 0 Å². The lowest BCUT2D eigenvalue weighted by Gasteiger charge is -2.28. The molecule has 0 N–H and O–H groups in total. The quantitative estimate of drug-likeness (QED) is 0.195. The summed E-state index contributed by atoms with van der Waals surface area (Å²) in [4.78, 5) is 2.40. The minimum absolute atomic E-state index is 0.879. The number of hydrogen-bond donors (Lipinski definition) is 0. The van der Waals surface area contributed by atoms with Crippen molar-refractivity contribution >= 4 is 92.1 Å². The highest BCUT2D eigenvalue weighted by Gasteiger charge is 2.23. The van der Waals surface area contributed by atoms with E-state index in [1.807, 2.05) is 17.4 Å². The van der Waals surface area contributed by atoms with Crippen molar-refractivity contribution in [1.82, 2.24) is 0 Å².